The quantitative estimate of drug-likeness (QED) is 0.793. The van der Waals surface area contributed by atoms with Gasteiger partial charge in [-0.25, -0.2) is 0 Å². The number of hydrogen-bond donors (Lipinski definition) is 3. The van der Waals surface area contributed by atoms with E-state index in [1.165, 1.54) is 0 Å². The van der Waals surface area contributed by atoms with E-state index in [9.17, 15) is 9.59 Å². The molecule has 0 radical (unpaired) electrons. The van der Waals surface area contributed by atoms with Crippen molar-refractivity contribution in [2.45, 2.75) is 38.6 Å². The Balaban J connectivity index is 2.07. The maximum absolute atomic E-state index is 12.4. The van der Waals surface area contributed by atoms with Gasteiger partial charge >= 0.3 is 0 Å². The predicted octanol–water partition coefficient (Wildman–Crippen LogP) is 1.91. The van der Waals surface area contributed by atoms with E-state index in [0.29, 0.717) is 17.8 Å². The molecule has 1 aliphatic heterocycles. The van der Waals surface area contributed by atoms with Crippen molar-refractivity contribution >= 4 is 17.5 Å². The van der Waals surface area contributed by atoms with Crippen LogP contribution in [0.1, 0.15) is 43.5 Å². The minimum Gasteiger partial charge on any atom is -0.352 e. The van der Waals surface area contributed by atoms with Gasteiger partial charge in [-0.05, 0) is 57.9 Å². The van der Waals surface area contributed by atoms with Gasteiger partial charge in [0, 0.05) is 17.8 Å². The van der Waals surface area contributed by atoms with Gasteiger partial charge in [0.15, 0.2) is 0 Å². The van der Waals surface area contributed by atoms with Gasteiger partial charge in [0.2, 0.25) is 5.91 Å². The summed E-state index contributed by atoms with van der Waals surface area (Å²) >= 11 is 0. The molecule has 0 aliphatic carbocycles. The van der Waals surface area contributed by atoms with Crippen LogP contribution in [0.15, 0.2) is 24.3 Å². The summed E-state index contributed by atoms with van der Waals surface area (Å²) in [5.41, 5.74) is 0.675. The van der Waals surface area contributed by atoms with Gasteiger partial charge in [-0.3, -0.25) is 9.59 Å². The molecule has 2 amide bonds. The van der Waals surface area contributed by atoms with Crippen LogP contribution in [0.4, 0.5) is 5.69 Å². The number of nitrogens with one attached hydrogen (secondary N) is 3. The second-order valence-corrected chi connectivity index (χ2v) is 5.61. The maximum atomic E-state index is 12.4. The molecule has 5 heteroatoms. The van der Waals surface area contributed by atoms with Crippen molar-refractivity contribution in [1.82, 2.24) is 10.6 Å². The molecule has 1 aromatic carbocycles. The van der Waals surface area contributed by atoms with Gasteiger partial charge in [0.1, 0.15) is 0 Å². The molecule has 1 aromatic rings. The number of rotatable bonds is 4. The van der Waals surface area contributed by atoms with Crippen LogP contribution in [-0.4, -0.2) is 30.4 Å². The number of piperidine rings is 1. The van der Waals surface area contributed by atoms with Gasteiger partial charge in [0.05, 0.1) is 5.54 Å². The summed E-state index contributed by atoms with van der Waals surface area (Å²) in [5, 5.41) is 8.94. The Morgan fingerprint density at radius 3 is 2.81 bits per heavy atom. The first-order valence-electron chi connectivity index (χ1n) is 7.50. The van der Waals surface area contributed by atoms with E-state index in [1.807, 2.05) is 13.8 Å². The second kappa shape index (κ2) is 6.72. The van der Waals surface area contributed by atoms with Gasteiger partial charge in [-0.15, -0.1) is 0 Å². The zero-order chi connectivity index (χ0) is 15.3. The molecule has 3 N–H and O–H groups in total. The summed E-state index contributed by atoms with van der Waals surface area (Å²) < 4.78 is 0. The van der Waals surface area contributed by atoms with Gasteiger partial charge < -0.3 is 16.0 Å². The first kappa shape index (κ1) is 15.5. The van der Waals surface area contributed by atoms with Crippen molar-refractivity contribution < 1.29 is 9.59 Å². The van der Waals surface area contributed by atoms with Crippen LogP contribution in [0.2, 0.25) is 0 Å². The van der Waals surface area contributed by atoms with Gasteiger partial charge in [-0.2, -0.15) is 0 Å². The zero-order valence-electron chi connectivity index (χ0n) is 12.7. The van der Waals surface area contributed by atoms with Gasteiger partial charge in [0.25, 0.3) is 5.91 Å². The zero-order valence-corrected chi connectivity index (χ0v) is 12.7. The second-order valence-electron chi connectivity index (χ2n) is 5.61. The summed E-state index contributed by atoms with van der Waals surface area (Å²) in [7, 11) is 0. The van der Waals surface area contributed by atoms with E-state index < -0.39 is 5.54 Å². The van der Waals surface area contributed by atoms with Crippen molar-refractivity contribution in [2.75, 3.05) is 18.4 Å². The number of benzene rings is 1. The molecule has 1 saturated heterocycles. The predicted molar refractivity (Wildman–Crippen MR) is 83.3 cm³/mol. The molecule has 1 fully saturated rings. The average Bonchev–Trinajstić information content (AvgIpc) is 2.48. The summed E-state index contributed by atoms with van der Waals surface area (Å²) in [6.45, 7) is 5.24. The van der Waals surface area contributed by atoms with Crippen LogP contribution in [0.3, 0.4) is 0 Å². The highest BCUT2D eigenvalue weighted by Crippen LogP contribution is 2.21. The molecule has 114 valence electrons. The van der Waals surface area contributed by atoms with E-state index in [4.69, 9.17) is 0 Å². The highest BCUT2D eigenvalue weighted by molar-refractivity contribution is 6.00. The lowest BCUT2D eigenvalue weighted by Gasteiger charge is -2.33. The minimum atomic E-state index is -0.528. The molecular formula is C16H23N3O2. The van der Waals surface area contributed by atoms with Crippen LogP contribution in [0, 0.1) is 0 Å². The first-order valence-corrected chi connectivity index (χ1v) is 7.50. The minimum absolute atomic E-state index is 0.0461. The number of anilines is 1. The fraction of sp³-hybridized carbons (Fsp3) is 0.500. The normalized spacial score (nSPS) is 21.6. The van der Waals surface area contributed by atoms with Crippen molar-refractivity contribution in [3.63, 3.8) is 0 Å². The van der Waals surface area contributed by atoms with Gasteiger partial charge in [-0.1, -0.05) is 6.07 Å². The number of amides is 2. The van der Waals surface area contributed by atoms with E-state index in [2.05, 4.69) is 16.0 Å². The molecule has 0 spiro atoms. The third-order valence-corrected chi connectivity index (χ3v) is 3.84. The van der Waals surface area contributed by atoms with Crippen LogP contribution in [0.5, 0.6) is 0 Å². The summed E-state index contributed by atoms with van der Waals surface area (Å²) in [6, 6.07) is 7.01. The smallest absolute Gasteiger partial charge is 0.251 e. The third-order valence-electron chi connectivity index (χ3n) is 3.84. The van der Waals surface area contributed by atoms with Crippen molar-refractivity contribution in [3.05, 3.63) is 29.8 Å². The summed E-state index contributed by atoms with van der Waals surface area (Å²) in [6.07, 6.45) is 2.99. The van der Waals surface area contributed by atoms with E-state index in [-0.39, 0.29) is 11.8 Å². The standard InChI is InChI=1S/C16H23N3O2/c1-3-17-14(20)12-7-6-8-13(11-12)19-15(21)16(2)9-4-5-10-18-16/h6-8,11,18H,3-5,9-10H2,1-2H3,(H,17,20)(H,19,21). The fourth-order valence-corrected chi connectivity index (χ4v) is 2.52. The lowest BCUT2D eigenvalue weighted by atomic mass is 9.90. The third kappa shape index (κ3) is 3.82. The Hall–Kier alpha value is -1.88. The van der Waals surface area contributed by atoms with E-state index in [1.54, 1.807) is 24.3 Å². The monoisotopic (exact) mass is 289 g/mol. The fourth-order valence-electron chi connectivity index (χ4n) is 2.52. The Morgan fingerprint density at radius 1 is 1.33 bits per heavy atom. The molecular weight excluding hydrogens is 266 g/mol. The Labute approximate surface area is 125 Å². The lowest BCUT2D eigenvalue weighted by Crippen LogP contribution is -2.54. The van der Waals surface area contributed by atoms with Crippen LogP contribution in [-0.2, 0) is 4.79 Å². The average molecular weight is 289 g/mol. The molecule has 2 rings (SSSR count). The van der Waals surface area contributed by atoms with E-state index >= 15 is 0 Å². The molecule has 21 heavy (non-hydrogen) atoms. The highest BCUT2D eigenvalue weighted by Gasteiger charge is 2.34. The van der Waals surface area contributed by atoms with Crippen molar-refractivity contribution in [1.29, 1.82) is 0 Å². The number of carbonyl (C=O) groups is 2. The molecule has 1 unspecified atom stereocenters. The van der Waals surface area contributed by atoms with Crippen LogP contribution >= 0.6 is 0 Å². The lowest BCUT2D eigenvalue weighted by molar-refractivity contribution is -0.122. The largest absolute Gasteiger partial charge is 0.352 e. The molecule has 5 nitrogen and oxygen atoms in total. The summed E-state index contributed by atoms with van der Waals surface area (Å²) in [5.74, 6) is -0.175. The molecule has 0 saturated carbocycles. The Bertz CT molecular complexity index is 522. The first-order chi connectivity index (χ1) is 10.0. The van der Waals surface area contributed by atoms with Crippen LogP contribution < -0.4 is 16.0 Å². The Morgan fingerprint density at radius 2 is 2.14 bits per heavy atom. The molecule has 1 aliphatic rings. The number of hydrogen-bond acceptors (Lipinski definition) is 3. The highest BCUT2D eigenvalue weighted by atomic mass is 16.2. The maximum Gasteiger partial charge on any atom is 0.251 e. The van der Waals surface area contributed by atoms with Crippen molar-refractivity contribution in [2.24, 2.45) is 0 Å². The Kier molecular flexibility index (Phi) is 4.96. The van der Waals surface area contributed by atoms with Crippen molar-refractivity contribution in [3.8, 4) is 0 Å². The molecule has 1 heterocycles. The topological polar surface area (TPSA) is 70.2 Å². The molecule has 0 aromatic heterocycles. The summed E-state index contributed by atoms with van der Waals surface area (Å²) in [4.78, 5) is 24.2. The van der Waals surface area contributed by atoms with E-state index in [0.717, 1.165) is 25.8 Å². The number of carbonyl (C=O) groups excluding carboxylic acids is 2. The molecule has 1 atom stereocenters. The molecule has 0 bridgehead atoms. The van der Waals surface area contributed by atoms with Crippen LogP contribution in [0.25, 0.3) is 0 Å². The SMILES string of the molecule is CCNC(=O)c1cccc(NC(=O)C2(C)CCCCN2)c1.